The molecule has 2 nitrogen and oxygen atoms in total. The van der Waals surface area contributed by atoms with E-state index in [2.05, 4.69) is 144 Å². The van der Waals surface area contributed by atoms with Gasteiger partial charge in [-0.3, -0.25) is 0 Å². The van der Waals surface area contributed by atoms with Crippen molar-refractivity contribution in [1.82, 2.24) is 0 Å². The summed E-state index contributed by atoms with van der Waals surface area (Å²) in [5.74, 6) is 0. The summed E-state index contributed by atoms with van der Waals surface area (Å²) in [5.41, 5.74) is 5.21. The van der Waals surface area contributed by atoms with Gasteiger partial charge < -0.3 is 9.32 Å². The minimum atomic E-state index is 0.912. The molecule has 2 heteroatoms. The molecule has 42 heavy (non-hydrogen) atoms. The lowest BCUT2D eigenvalue weighted by Gasteiger charge is -2.28. The van der Waals surface area contributed by atoms with Gasteiger partial charge in [0.15, 0.2) is 0 Å². The molecule has 9 rings (SSSR count). The standard InChI is InChI=1S/C40H25NO/c1-2-11-30(12-3-1)41(31-23-21-27-22-24-37-40(34(27)25-31)33-14-6-7-16-36(33)42-37)35-15-8-10-28-19-20-29-18-17-26-9-4-5-13-32(26)38(29)39(28)35/h1-25H. The van der Waals surface area contributed by atoms with E-state index in [4.69, 9.17) is 4.42 Å². The lowest BCUT2D eigenvalue weighted by molar-refractivity contribution is 0.669. The summed E-state index contributed by atoms with van der Waals surface area (Å²) >= 11 is 0. The minimum absolute atomic E-state index is 0.912. The maximum Gasteiger partial charge on any atom is 0.136 e. The van der Waals surface area contributed by atoms with Crippen LogP contribution in [0.2, 0.25) is 0 Å². The number of fused-ring (bicyclic) bond motifs is 10. The Kier molecular flexibility index (Phi) is 4.93. The van der Waals surface area contributed by atoms with Crippen LogP contribution in [0.1, 0.15) is 0 Å². The predicted molar refractivity (Wildman–Crippen MR) is 178 cm³/mol. The highest BCUT2D eigenvalue weighted by Crippen LogP contribution is 2.45. The Bertz CT molecular complexity index is 2470. The molecular formula is C40H25NO. The Morgan fingerprint density at radius 2 is 1.00 bits per heavy atom. The van der Waals surface area contributed by atoms with E-state index in [0.29, 0.717) is 0 Å². The van der Waals surface area contributed by atoms with Crippen LogP contribution in [0.15, 0.2) is 156 Å². The van der Waals surface area contributed by atoms with E-state index in [0.717, 1.165) is 39.0 Å². The highest BCUT2D eigenvalue weighted by Gasteiger charge is 2.19. The Labute approximate surface area is 242 Å². The fraction of sp³-hybridized carbons (Fsp3) is 0. The molecule has 9 aromatic rings. The first-order chi connectivity index (χ1) is 20.8. The van der Waals surface area contributed by atoms with E-state index in [1.54, 1.807) is 0 Å². The molecule has 196 valence electrons. The summed E-state index contributed by atoms with van der Waals surface area (Å²) in [4.78, 5) is 2.41. The van der Waals surface area contributed by atoms with Crippen molar-refractivity contribution in [3.63, 3.8) is 0 Å². The number of benzene rings is 8. The first-order valence-electron chi connectivity index (χ1n) is 14.4. The molecule has 0 aliphatic carbocycles. The largest absolute Gasteiger partial charge is 0.456 e. The van der Waals surface area contributed by atoms with Gasteiger partial charge in [0.05, 0.1) is 5.69 Å². The van der Waals surface area contributed by atoms with Crippen LogP contribution < -0.4 is 4.90 Å². The zero-order valence-corrected chi connectivity index (χ0v) is 22.8. The van der Waals surface area contributed by atoms with Gasteiger partial charge in [0, 0.05) is 27.5 Å². The maximum absolute atomic E-state index is 6.26. The molecule has 0 atom stereocenters. The topological polar surface area (TPSA) is 16.4 Å². The number of furan rings is 1. The minimum Gasteiger partial charge on any atom is -0.456 e. The molecule has 0 radical (unpaired) electrons. The molecule has 0 bridgehead atoms. The molecule has 0 aliphatic rings. The van der Waals surface area contributed by atoms with Gasteiger partial charge in [0.25, 0.3) is 0 Å². The molecule has 0 unspecified atom stereocenters. The molecule has 0 amide bonds. The summed E-state index contributed by atoms with van der Waals surface area (Å²) in [7, 11) is 0. The number of hydrogen-bond donors (Lipinski definition) is 0. The van der Waals surface area contributed by atoms with Crippen LogP contribution >= 0.6 is 0 Å². The lowest BCUT2D eigenvalue weighted by atomic mass is 9.94. The van der Waals surface area contributed by atoms with E-state index in [1.165, 1.54) is 43.1 Å². The Balaban J connectivity index is 1.40. The van der Waals surface area contributed by atoms with Crippen LogP contribution in [0.3, 0.4) is 0 Å². The van der Waals surface area contributed by atoms with E-state index in [-0.39, 0.29) is 0 Å². The van der Waals surface area contributed by atoms with Gasteiger partial charge in [-0.1, -0.05) is 109 Å². The molecule has 0 spiro atoms. The van der Waals surface area contributed by atoms with E-state index < -0.39 is 0 Å². The van der Waals surface area contributed by atoms with Crippen molar-refractivity contribution in [3.8, 4) is 0 Å². The predicted octanol–water partition coefficient (Wildman–Crippen LogP) is 11.7. The molecule has 0 saturated heterocycles. The number of anilines is 3. The van der Waals surface area contributed by atoms with Gasteiger partial charge in [0.1, 0.15) is 11.2 Å². The summed E-state index contributed by atoms with van der Waals surface area (Å²) in [5, 5.41) is 12.2. The first kappa shape index (κ1) is 23.1. The van der Waals surface area contributed by atoms with Crippen LogP contribution in [0, 0.1) is 0 Å². The Morgan fingerprint density at radius 3 is 1.88 bits per heavy atom. The molecule has 1 heterocycles. The zero-order valence-electron chi connectivity index (χ0n) is 22.8. The second kappa shape index (κ2) is 8.95. The van der Waals surface area contributed by atoms with Crippen LogP contribution in [0.5, 0.6) is 0 Å². The molecule has 0 fully saturated rings. The fourth-order valence-corrected chi connectivity index (χ4v) is 6.72. The first-order valence-corrected chi connectivity index (χ1v) is 14.4. The summed E-state index contributed by atoms with van der Waals surface area (Å²) in [6, 6.07) is 54.4. The summed E-state index contributed by atoms with van der Waals surface area (Å²) < 4.78 is 6.26. The molecule has 8 aromatic carbocycles. The normalized spacial score (nSPS) is 11.8. The molecule has 1 aromatic heterocycles. The summed E-state index contributed by atoms with van der Waals surface area (Å²) in [6.45, 7) is 0. The van der Waals surface area contributed by atoms with Crippen molar-refractivity contribution >= 4 is 82.1 Å². The second-order valence-corrected chi connectivity index (χ2v) is 10.9. The van der Waals surface area contributed by atoms with Crippen LogP contribution in [-0.2, 0) is 0 Å². The van der Waals surface area contributed by atoms with Gasteiger partial charge in [-0.15, -0.1) is 0 Å². The van der Waals surface area contributed by atoms with Gasteiger partial charge in [0.2, 0.25) is 0 Å². The zero-order chi connectivity index (χ0) is 27.6. The van der Waals surface area contributed by atoms with Crippen LogP contribution in [0.4, 0.5) is 17.1 Å². The quantitative estimate of drug-likeness (QED) is 0.209. The smallest absolute Gasteiger partial charge is 0.136 e. The van der Waals surface area contributed by atoms with Crippen LogP contribution in [0.25, 0.3) is 65.0 Å². The number of para-hydroxylation sites is 2. The van der Waals surface area contributed by atoms with Crippen molar-refractivity contribution in [2.45, 2.75) is 0 Å². The average molecular weight is 536 g/mol. The maximum atomic E-state index is 6.26. The molecular weight excluding hydrogens is 510 g/mol. The highest BCUT2D eigenvalue weighted by atomic mass is 16.3. The second-order valence-electron chi connectivity index (χ2n) is 10.9. The third-order valence-corrected chi connectivity index (χ3v) is 8.59. The van der Waals surface area contributed by atoms with E-state index in [9.17, 15) is 0 Å². The Hall–Kier alpha value is -5.60. The molecule has 0 aliphatic heterocycles. The SMILES string of the molecule is c1ccc(N(c2ccc3ccc4oc5ccccc5c4c3c2)c2cccc3ccc4ccc5ccccc5c4c23)cc1. The monoisotopic (exact) mass is 535 g/mol. The van der Waals surface area contributed by atoms with E-state index >= 15 is 0 Å². The van der Waals surface area contributed by atoms with Gasteiger partial charge >= 0.3 is 0 Å². The van der Waals surface area contributed by atoms with Gasteiger partial charge in [-0.2, -0.15) is 0 Å². The third kappa shape index (κ3) is 3.39. The van der Waals surface area contributed by atoms with Crippen molar-refractivity contribution < 1.29 is 4.42 Å². The third-order valence-electron chi connectivity index (χ3n) is 8.59. The number of nitrogens with zero attached hydrogens (tertiary/aromatic N) is 1. The van der Waals surface area contributed by atoms with Crippen molar-refractivity contribution in [2.75, 3.05) is 4.90 Å². The fourth-order valence-electron chi connectivity index (χ4n) is 6.72. The van der Waals surface area contributed by atoms with Crippen LogP contribution in [-0.4, -0.2) is 0 Å². The molecule has 0 saturated carbocycles. The van der Waals surface area contributed by atoms with Crippen molar-refractivity contribution in [2.24, 2.45) is 0 Å². The van der Waals surface area contributed by atoms with Gasteiger partial charge in [-0.25, -0.2) is 0 Å². The number of hydrogen-bond acceptors (Lipinski definition) is 2. The highest BCUT2D eigenvalue weighted by molar-refractivity contribution is 6.25. The van der Waals surface area contributed by atoms with Crippen molar-refractivity contribution in [3.05, 3.63) is 152 Å². The Morgan fingerprint density at radius 1 is 0.357 bits per heavy atom. The van der Waals surface area contributed by atoms with Gasteiger partial charge in [-0.05, 0) is 80.2 Å². The van der Waals surface area contributed by atoms with Crippen molar-refractivity contribution in [1.29, 1.82) is 0 Å². The number of rotatable bonds is 3. The van der Waals surface area contributed by atoms with E-state index in [1.807, 2.05) is 12.1 Å². The average Bonchev–Trinajstić information content (AvgIpc) is 3.44. The summed E-state index contributed by atoms with van der Waals surface area (Å²) in [6.07, 6.45) is 0. The lowest BCUT2D eigenvalue weighted by Crippen LogP contribution is -2.10. The molecule has 0 N–H and O–H groups in total.